The maximum absolute atomic E-state index is 12.5. The molecule has 6 nitrogen and oxygen atoms in total. The first kappa shape index (κ1) is 23.1. The molecule has 1 rings (SSSR count). The third kappa shape index (κ3) is 9.02. The van der Waals surface area contributed by atoms with Crippen LogP contribution in [-0.2, 0) is 16.0 Å². The highest BCUT2D eigenvalue weighted by Gasteiger charge is 2.26. The van der Waals surface area contributed by atoms with Gasteiger partial charge in [-0.25, -0.2) is 0 Å². The van der Waals surface area contributed by atoms with Gasteiger partial charge in [-0.1, -0.05) is 58.0 Å². The summed E-state index contributed by atoms with van der Waals surface area (Å²) >= 11 is 0. The van der Waals surface area contributed by atoms with Crippen LogP contribution in [0, 0.1) is 11.8 Å². The van der Waals surface area contributed by atoms with Crippen molar-refractivity contribution in [1.82, 2.24) is 16.0 Å². The fourth-order valence-corrected chi connectivity index (χ4v) is 2.64. The molecule has 0 bridgehead atoms. The number of amides is 2. The number of hydrogen-bond donors (Lipinski definition) is 4. The lowest BCUT2D eigenvalue weighted by molar-refractivity contribution is -0.130. The Kier molecular flexibility index (Phi) is 10.0. The van der Waals surface area contributed by atoms with Gasteiger partial charge in [0.2, 0.25) is 11.8 Å². The maximum atomic E-state index is 12.5. The van der Waals surface area contributed by atoms with Gasteiger partial charge in [0.25, 0.3) is 0 Å². The minimum atomic E-state index is -0.543. The van der Waals surface area contributed by atoms with E-state index in [1.54, 1.807) is 6.92 Å². The smallest absolute Gasteiger partial charge is 0.242 e. The SMILES string of the molecule is CC(C)CNC(=O)[C@@H](NC(=O)[C@H](C)NC[C@@H](N)Cc1ccccc1)C(C)C. The highest BCUT2D eigenvalue weighted by Crippen LogP contribution is 2.04. The highest BCUT2D eigenvalue weighted by atomic mass is 16.2. The zero-order valence-corrected chi connectivity index (χ0v) is 17.3. The molecule has 152 valence electrons. The Balaban J connectivity index is 2.47. The molecule has 0 heterocycles. The molecule has 0 aliphatic rings. The summed E-state index contributed by atoms with van der Waals surface area (Å²) in [6.07, 6.45) is 0.744. The lowest BCUT2D eigenvalue weighted by Gasteiger charge is -2.25. The van der Waals surface area contributed by atoms with E-state index < -0.39 is 12.1 Å². The molecule has 0 fully saturated rings. The summed E-state index contributed by atoms with van der Waals surface area (Å²) < 4.78 is 0. The van der Waals surface area contributed by atoms with E-state index in [0.29, 0.717) is 19.0 Å². The van der Waals surface area contributed by atoms with Crippen LogP contribution >= 0.6 is 0 Å². The monoisotopic (exact) mass is 376 g/mol. The molecular formula is C21H36N4O2. The Bertz CT molecular complexity index is 575. The van der Waals surface area contributed by atoms with Gasteiger partial charge in [-0.15, -0.1) is 0 Å². The van der Waals surface area contributed by atoms with E-state index in [2.05, 4.69) is 16.0 Å². The number of benzene rings is 1. The van der Waals surface area contributed by atoms with Gasteiger partial charge >= 0.3 is 0 Å². The van der Waals surface area contributed by atoms with E-state index in [9.17, 15) is 9.59 Å². The van der Waals surface area contributed by atoms with E-state index >= 15 is 0 Å². The van der Waals surface area contributed by atoms with E-state index in [-0.39, 0.29) is 23.8 Å². The number of carbonyl (C=O) groups excluding carboxylic acids is 2. The second-order valence-corrected chi connectivity index (χ2v) is 7.95. The van der Waals surface area contributed by atoms with Gasteiger partial charge in [0.15, 0.2) is 0 Å². The van der Waals surface area contributed by atoms with Gasteiger partial charge in [-0.2, -0.15) is 0 Å². The lowest BCUT2D eigenvalue weighted by atomic mass is 10.0. The Morgan fingerprint density at radius 2 is 1.59 bits per heavy atom. The number of nitrogens with one attached hydrogen (secondary N) is 3. The Morgan fingerprint density at radius 3 is 2.15 bits per heavy atom. The van der Waals surface area contributed by atoms with Gasteiger partial charge in [0, 0.05) is 19.1 Å². The second-order valence-electron chi connectivity index (χ2n) is 7.95. The van der Waals surface area contributed by atoms with Crippen molar-refractivity contribution in [2.75, 3.05) is 13.1 Å². The first-order valence-corrected chi connectivity index (χ1v) is 9.81. The van der Waals surface area contributed by atoms with Crippen LogP contribution in [0.4, 0.5) is 0 Å². The van der Waals surface area contributed by atoms with Gasteiger partial charge in [0.1, 0.15) is 6.04 Å². The summed E-state index contributed by atoms with van der Waals surface area (Å²) in [7, 11) is 0. The zero-order chi connectivity index (χ0) is 20.4. The quantitative estimate of drug-likeness (QED) is 0.470. The average molecular weight is 377 g/mol. The summed E-state index contributed by atoms with van der Waals surface area (Å²) in [4.78, 5) is 24.8. The van der Waals surface area contributed by atoms with Crippen molar-refractivity contribution >= 4 is 11.8 Å². The normalized spacial score (nSPS) is 14.7. The molecule has 2 amide bonds. The molecule has 0 saturated heterocycles. The highest BCUT2D eigenvalue weighted by molar-refractivity contribution is 5.89. The molecule has 0 aliphatic carbocycles. The molecule has 5 N–H and O–H groups in total. The van der Waals surface area contributed by atoms with Crippen LogP contribution in [-0.4, -0.2) is 43.0 Å². The first-order valence-electron chi connectivity index (χ1n) is 9.81. The molecule has 6 heteroatoms. The van der Waals surface area contributed by atoms with Crippen LogP contribution in [0.5, 0.6) is 0 Å². The predicted octanol–water partition coefficient (Wildman–Crippen LogP) is 1.45. The summed E-state index contributed by atoms with van der Waals surface area (Å²) in [5.41, 5.74) is 7.33. The third-order valence-electron chi connectivity index (χ3n) is 4.35. The second kappa shape index (κ2) is 11.7. The van der Waals surface area contributed by atoms with Crippen molar-refractivity contribution in [3.63, 3.8) is 0 Å². The average Bonchev–Trinajstić information content (AvgIpc) is 2.62. The van der Waals surface area contributed by atoms with Crippen LogP contribution in [0.15, 0.2) is 30.3 Å². The van der Waals surface area contributed by atoms with Gasteiger partial charge in [-0.3, -0.25) is 9.59 Å². The number of carbonyl (C=O) groups is 2. The van der Waals surface area contributed by atoms with Gasteiger partial charge in [0.05, 0.1) is 6.04 Å². The lowest BCUT2D eigenvalue weighted by Crippen LogP contribution is -2.55. The van der Waals surface area contributed by atoms with Crippen molar-refractivity contribution in [1.29, 1.82) is 0 Å². The minimum Gasteiger partial charge on any atom is -0.354 e. The van der Waals surface area contributed by atoms with Gasteiger partial charge in [-0.05, 0) is 30.7 Å². The summed E-state index contributed by atoms with van der Waals surface area (Å²) in [5.74, 6) is 0.0399. The predicted molar refractivity (Wildman–Crippen MR) is 110 cm³/mol. The first-order chi connectivity index (χ1) is 12.7. The van der Waals surface area contributed by atoms with Crippen molar-refractivity contribution in [2.24, 2.45) is 17.6 Å². The topological polar surface area (TPSA) is 96.2 Å². The van der Waals surface area contributed by atoms with Gasteiger partial charge < -0.3 is 21.7 Å². The third-order valence-corrected chi connectivity index (χ3v) is 4.35. The molecule has 3 atom stereocenters. The number of hydrogen-bond acceptors (Lipinski definition) is 4. The summed E-state index contributed by atoms with van der Waals surface area (Å²) in [5, 5.41) is 8.92. The Hall–Kier alpha value is -1.92. The van der Waals surface area contributed by atoms with E-state index in [1.165, 1.54) is 5.56 Å². The zero-order valence-electron chi connectivity index (χ0n) is 17.3. The van der Waals surface area contributed by atoms with E-state index in [4.69, 9.17) is 5.73 Å². The number of rotatable bonds is 11. The molecule has 1 aromatic rings. The standard InChI is InChI=1S/C21H36N4O2/c1-14(2)12-24-21(27)19(15(3)4)25-20(26)16(5)23-13-18(22)11-17-9-7-6-8-10-17/h6-10,14-16,18-19,23H,11-13,22H2,1-5H3,(H,24,27)(H,25,26)/t16-,18-,19-/m0/s1. The molecule has 0 aromatic heterocycles. The van der Waals surface area contributed by atoms with Crippen LogP contribution < -0.4 is 21.7 Å². The van der Waals surface area contributed by atoms with Crippen LogP contribution in [0.1, 0.15) is 40.2 Å². The summed E-state index contributed by atoms with van der Waals surface area (Å²) in [6, 6.07) is 8.98. The van der Waals surface area contributed by atoms with Crippen molar-refractivity contribution in [3.05, 3.63) is 35.9 Å². The molecule has 1 aromatic carbocycles. The largest absolute Gasteiger partial charge is 0.354 e. The van der Waals surface area contributed by atoms with Crippen molar-refractivity contribution < 1.29 is 9.59 Å². The van der Waals surface area contributed by atoms with Crippen LogP contribution in [0.3, 0.4) is 0 Å². The maximum Gasteiger partial charge on any atom is 0.242 e. The molecule has 0 aliphatic heterocycles. The van der Waals surface area contributed by atoms with Crippen LogP contribution in [0.2, 0.25) is 0 Å². The fourth-order valence-electron chi connectivity index (χ4n) is 2.64. The molecule has 27 heavy (non-hydrogen) atoms. The van der Waals surface area contributed by atoms with Crippen molar-refractivity contribution in [2.45, 2.75) is 59.2 Å². The number of nitrogens with two attached hydrogens (primary N) is 1. The van der Waals surface area contributed by atoms with Crippen LogP contribution in [0.25, 0.3) is 0 Å². The van der Waals surface area contributed by atoms with E-state index in [0.717, 1.165) is 6.42 Å². The van der Waals surface area contributed by atoms with Crippen molar-refractivity contribution in [3.8, 4) is 0 Å². The van der Waals surface area contributed by atoms with E-state index in [1.807, 2.05) is 58.0 Å². The molecular weight excluding hydrogens is 340 g/mol. The molecule has 0 saturated carbocycles. The molecule has 0 spiro atoms. The summed E-state index contributed by atoms with van der Waals surface area (Å²) in [6.45, 7) is 10.8. The Labute approximate surface area is 163 Å². The fraction of sp³-hybridized carbons (Fsp3) is 0.619. The molecule has 0 radical (unpaired) electrons. The Morgan fingerprint density at radius 1 is 0.963 bits per heavy atom. The molecule has 0 unspecified atom stereocenters. The minimum absolute atomic E-state index is 0.00801.